The van der Waals surface area contributed by atoms with Gasteiger partial charge in [-0.15, -0.1) is 11.8 Å². The van der Waals surface area contributed by atoms with E-state index in [1.54, 1.807) is 12.1 Å². The normalized spacial score (nSPS) is 13.9. The van der Waals surface area contributed by atoms with Crippen molar-refractivity contribution in [2.24, 2.45) is 5.14 Å². The molecular formula is C20H26F3N3O6S4. The van der Waals surface area contributed by atoms with Crippen LogP contribution in [-0.4, -0.2) is 67.7 Å². The van der Waals surface area contributed by atoms with Crippen LogP contribution in [-0.2, 0) is 29.7 Å². The zero-order valence-corrected chi connectivity index (χ0v) is 22.3. The third-order valence-corrected chi connectivity index (χ3v) is 9.31. The third kappa shape index (κ3) is 9.23. The predicted molar refractivity (Wildman–Crippen MR) is 133 cm³/mol. The molecule has 0 bridgehead atoms. The number of nitrogens with one attached hydrogen (secondary N) is 2. The van der Waals surface area contributed by atoms with Gasteiger partial charge >= 0.3 is 5.51 Å². The molecule has 0 saturated carbocycles. The first-order valence-electron chi connectivity index (χ1n) is 10.3. The number of alkyl halides is 3. The molecule has 0 aliphatic rings. The van der Waals surface area contributed by atoms with Gasteiger partial charge < -0.3 is 10.6 Å². The zero-order chi connectivity index (χ0) is 27.2. The van der Waals surface area contributed by atoms with E-state index in [4.69, 9.17) is 5.14 Å². The number of anilines is 1. The van der Waals surface area contributed by atoms with Crippen molar-refractivity contribution in [1.82, 2.24) is 5.32 Å². The van der Waals surface area contributed by atoms with Crippen LogP contribution < -0.4 is 15.8 Å². The molecule has 16 heteroatoms. The molecule has 202 valence electrons. The number of halogens is 3. The Morgan fingerprint density at radius 1 is 0.972 bits per heavy atom. The maximum atomic E-state index is 13.4. The van der Waals surface area contributed by atoms with Gasteiger partial charge in [-0.1, -0.05) is 18.2 Å². The van der Waals surface area contributed by atoms with Crippen molar-refractivity contribution in [3.8, 4) is 0 Å². The standard InChI is InChI=1S/C20H26F3N3O6S4/c1-34(27,28)12-11-25-10-9-15(14-33-16-5-3-2-4-6-16)26-18-8-7-17(36(24,31)32)13-19(18)35(29,30)20(21,22)23/h2-8,13,15,25-26H,9-12,14H2,1H3,(H2,24,31,32)/t15-/m1/s1. The smallest absolute Gasteiger partial charge is 0.380 e. The summed E-state index contributed by atoms with van der Waals surface area (Å²) in [5, 5.41) is 10.7. The number of rotatable bonds is 13. The van der Waals surface area contributed by atoms with Gasteiger partial charge in [-0.2, -0.15) is 13.2 Å². The molecule has 0 aliphatic heterocycles. The Kier molecular flexibility index (Phi) is 10.2. The maximum absolute atomic E-state index is 13.4. The summed E-state index contributed by atoms with van der Waals surface area (Å²) in [6.07, 6.45) is 1.37. The molecule has 36 heavy (non-hydrogen) atoms. The van der Waals surface area contributed by atoms with Crippen LogP contribution in [0.15, 0.2) is 63.2 Å². The van der Waals surface area contributed by atoms with Gasteiger partial charge in [0.2, 0.25) is 10.0 Å². The number of hydrogen-bond acceptors (Lipinski definition) is 9. The molecule has 2 aromatic rings. The van der Waals surface area contributed by atoms with E-state index in [1.165, 1.54) is 11.8 Å². The van der Waals surface area contributed by atoms with Crippen molar-refractivity contribution in [3.63, 3.8) is 0 Å². The average Bonchev–Trinajstić information content (AvgIpc) is 2.75. The van der Waals surface area contributed by atoms with Crippen molar-refractivity contribution in [2.45, 2.75) is 32.7 Å². The fraction of sp³-hybridized carbons (Fsp3) is 0.400. The zero-order valence-electron chi connectivity index (χ0n) is 19.0. The topological polar surface area (TPSA) is 152 Å². The molecule has 4 N–H and O–H groups in total. The molecule has 0 fully saturated rings. The summed E-state index contributed by atoms with van der Waals surface area (Å²) < 4.78 is 110. The fourth-order valence-electron chi connectivity index (χ4n) is 2.94. The fourth-order valence-corrected chi connectivity index (χ4v) is 6.01. The first-order chi connectivity index (χ1) is 16.5. The van der Waals surface area contributed by atoms with E-state index < -0.39 is 56.7 Å². The van der Waals surface area contributed by atoms with Crippen LogP contribution in [0.25, 0.3) is 0 Å². The highest BCUT2D eigenvalue weighted by Crippen LogP contribution is 2.36. The highest BCUT2D eigenvalue weighted by Gasteiger charge is 2.48. The molecule has 0 saturated heterocycles. The van der Waals surface area contributed by atoms with Crippen molar-refractivity contribution < 1.29 is 38.4 Å². The number of sulfone groups is 2. The predicted octanol–water partition coefficient (Wildman–Crippen LogP) is 2.22. The lowest BCUT2D eigenvalue weighted by molar-refractivity contribution is -0.0435. The lowest BCUT2D eigenvalue weighted by atomic mass is 10.2. The van der Waals surface area contributed by atoms with Gasteiger partial charge in [-0.25, -0.2) is 30.4 Å². The van der Waals surface area contributed by atoms with Crippen LogP contribution >= 0.6 is 11.8 Å². The number of nitrogens with two attached hydrogens (primary N) is 1. The van der Waals surface area contributed by atoms with E-state index >= 15 is 0 Å². The van der Waals surface area contributed by atoms with Gasteiger partial charge in [0.05, 0.1) is 16.3 Å². The number of thioether (sulfide) groups is 1. The first-order valence-corrected chi connectivity index (χ1v) is 16.4. The van der Waals surface area contributed by atoms with E-state index in [0.717, 1.165) is 23.3 Å². The second-order valence-corrected chi connectivity index (χ2v) is 14.6. The van der Waals surface area contributed by atoms with Crippen molar-refractivity contribution in [1.29, 1.82) is 0 Å². The Hall–Kier alpha value is -1.85. The number of sulfonamides is 1. The molecular weight excluding hydrogens is 563 g/mol. The Balaban J connectivity index is 2.34. The lowest BCUT2D eigenvalue weighted by Gasteiger charge is -2.23. The summed E-state index contributed by atoms with van der Waals surface area (Å²) in [6.45, 7) is 0.438. The summed E-state index contributed by atoms with van der Waals surface area (Å²) in [4.78, 5) is -1.18. The molecule has 0 spiro atoms. The lowest BCUT2D eigenvalue weighted by Crippen LogP contribution is -2.31. The van der Waals surface area contributed by atoms with E-state index in [-0.39, 0.29) is 25.3 Å². The SMILES string of the molecule is CS(=O)(=O)CCNCC[C@H](CSc1ccccc1)Nc1ccc(S(N)(=O)=O)cc1S(=O)(=O)C(F)(F)F. The minimum Gasteiger partial charge on any atom is -0.380 e. The summed E-state index contributed by atoms with van der Waals surface area (Å²) in [6, 6.07) is 10.7. The molecule has 0 unspecified atom stereocenters. The van der Waals surface area contributed by atoms with Crippen LogP contribution in [0.4, 0.5) is 18.9 Å². The van der Waals surface area contributed by atoms with Gasteiger partial charge in [-0.05, 0) is 43.3 Å². The molecule has 0 aromatic heterocycles. The highest BCUT2D eigenvalue weighted by atomic mass is 32.2. The van der Waals surface area contributed by atoms with E-state index in [2.05, 4.69) is 10.6 Å². The van der Waals surface area contributed by atoms with Gasteiger partial charge in [0.25, 0.3) is 9.84 Å². The average molecular weight is 590 g/mol. The molecule has 0 heterocycles. The second-order valence-electron chi connectivity index (χ2n) is 7.79. The first kappa shape index (κ1) is 30.4. The monoisotopic (exact) mass is 589 g/mol. The molecule has 0 radical (unpaired) electrons. The molecule has 0 amide bonds. The summed E-state index contributed by atoms with van der Waals surface area (Å²) in [5.74, 6) is 0.201. The quantitative estimate of drug-likeness (QED) is 0.236. The van der Waals surface area contributed by atoms with Crippen LogP contribution in [0.5, 0.6) is 0 Å². The molecule has 0 aliphatic carbocycles. The summed E-state index contributed by atoms with van der Waals surface area (Å²) in [7, 11) is -13.6. The van der Waals surface area contributed by atoms with Gasteiger partial charge in [-0.3, -0.25) is 0 Å². The second kappa shape index (κ2) is 12.1. The Morgan fingerprint density at radius 3 is 2.17 bits per heavy atom. The van der Waals surface area contributed by atoms with Crippen LogP contribution in [0, 0.1) is 0 Å². The highest BCUT2D eigenvalue weighted by molar-refractivity contribution is 7.99. The molecule has 1 atom stereocenters. The van der Waals surface area contributed by atoms with Gasteiger partial charge in [0.15, 0.2) is 0 Å². The number of primary sulfonamides is 1. The van der Waals surface area contributed by atoms with E-state index in [0.29, 0.717) is 11.8 Å². The minimum absolute atomic E-state index is 0.104. The van der Waals surface area contributed by atoms with Crippen LogP contribution in [0.1, 0.15) is 6.42 Å². The minimum atomic E-state index is -5.92. The van der Waals surface area contributed by atoms with E-state index in [9.17, 15) is 38.4 Å². The van der Waals surface area contributed by atoms with Crippen LogP contribution in [0.2, 0.25) is 0 Å². The third-order valence-electron chi connectivity index (χ3n) is 4.75. The number of hydrogen-bond donors (Lipinski definition) is 3. The summed E-state index contributed by atoms with van der Waals surface area (Å²) in [5.41, 5.74) is -6.11. The van der Waals surface area contributed by atoms with Crippen LogP contribution in [0.3, 0.4) is 0 Å². The number of benzene rings is 2. The molecule has 2 aromatic carbocycles. The molecule has 2 rings (SSSR count). The largest absolute Gasteiger partial charge is 0.501 e. The Labute approximate surface area is 212 Å². The summed E-state index contributed by atoms with van der Waals surface area (Å²) >= 11 is 1.37. The maximum Gasteiger partial charge on any atom is 0.501 e. The Bertz CT molecular complexity index is 1350. The van der Waals surface area contributed by atoms with Crippen molar-refractivity contribution in [3.05, 3.63) is 48.5 Å². The van der Waals surface area contributed by atoms with E-state index in [1.807, 2.05) is 18.2 Å². The van der Waals surface area contributed by atoms with Crippen molar-refractivity contribution >= 4 is 47.1 Å². The van der Waals surface area contributed by atoms with Crippen molar-refractivity contribution in [2.75, 3.05) is 36.2 Å². The van der Waals surface area contributed by atoms with Gasteiger partial charge in [0, 0.05) is 29.5 Å². The van der Waals surface area contributed by atoms with Gasteiger partial charge in [0.1, 0.15) is 14.7 Å². The molecule has 9 nitrogen and oxygen atoms in total. The Morgan fingerprint density at radius 2 is 1.61 bits per heavy atom.